The Kier molecular flexibility index (Phi) is 11.6. The Labute approximate surface area is 275 Å². The number of hydrogen-bond acceptors (Lipinski definition) is 10. The van der Waals surface area contributed by atoms with Crippen LogP contribution in [0.5, 0.6) is 0 Å². The summed E-state index contributed by atoms with van der Waals surface area (Å²) in [6.45, 7) is 9.80. The molecule has 46 heavy (non-hydrogen) atoms. The van der Waals surface area contributed by atoms with Gasteiger partial charge in [-0.3, -0.25) is 0 Å². The lowest BCUT2D eigenvalue weighted by atomic mass is 9.95. The topological polar surface area (TPSA) is 139 Å². The number of nitrogens with zero attached hydrogens (tertiary/aromatic N) is 2. The van der Waals surface area contributed by atoms with Crippen molar-refractivity contribution in [3.8, 4) is 0 Å². The number of thiazole rings is 1. The second-order valence-electron chi connectivity index (χ2n) is 12.9. The van der Waals surface area contributed by atoms with Gasteiger partial charge in [0, 0.05) is 32.0 Å². The highest BCUT2D eigenvalue weighted by Crippen LogP contribution is 2.33. The fourth-order valence-electron chi connectivity index (χ4n) is 5.84. The van der Waals surface area contributed by atoms with E-state index in [4.69, 9.17) is 14.2 Å². The summed E-state index contributed by atoms with van der Waals surface area (Å²) >= 11 is 1.41. The van der Waals surface area contributed by atoms with Crippen LogP contribution in [0.1, 0.15) is 46.1 Å². The Bertz CT molecular complexity index is 1550. The van der Waals surface area contributed by atoms with E-state index in [2.05, 4.69) is 29.5 Å². The molecule has 0 saturated carbocycles. The molecule has 13 heteroatoms. The van der Waals surface area contributed by atoms with Crippen LogP contribution >= 0.6 is 11.3 Å². The molecule has 2 aromatic carbocycles. The van der Waals surface area contributed by atoms with Crippen LogP contribution in [0.15, 0.2) is 53.4 Å². The number of aliphatic hydroxyl groups excluding tert-OH is 1. The lowest BCUT2D eigenvalue weighted by Crippen LogP contribution is -2.52. The number of aromatic nitrogens is 1. The van der Waals surface area contributed by atoms with Crippen molar-refractivity contribution in [2.45, 2.75) is 76.4 Å². The van der Waals surface area contributed by atoms with Gasteiger partial charge in [0.1, 0.15) is 6.10 Å². The Morgan fingerprint density at radius 2 is 1.80 bits per heavy atom. The van der Waals surface area contributed by atoms with Gasteiger partial charge >= 0.3 is 6.09 Å². The van der Waals surface area contributed by atoms with Gasteiger partial charge < -0.3 is 30.0 Å². The number of ether oxygens (including phenoxy) is 3. The Morgan fingerprint density at radius 3 is 2.52 bits per heavy atom. The molecule has 3 N–H and O–H groups in total. The van der Waals surface area contributed by atoms with E-state index >= 15 is 0 Å². The van der Waals surface area contributed by atoms with Crippen molar-refractivity contribution in [2.24, 2.45) is 17.8 Å². The SMILES string of the molecule is CC(C)CNc1nc2ccc(S(=O)(=O)N(CC(C)C)C[C@@H](O)[C@H](Cc3ccccc3)NC(=O)O[C@H]3CCO[C@H]4OCC[C@H]43)cc2s1. The molecule has 0 unspecified atom stereocenters. The third kappa shape index (κ3) is 8.75. The normalized spacial score (nSPS) is 21.4. The number of aliphatic hydroxyl groups is 1. The molecular formula is C33H46N4O7S2. The van der Waals surface area contributed by atoms with Crippen LogP contribution in [0, 0.1) is 17.8 Å². The number of hydrogen-bond donors (Lipinski definition) is 3. The van der Waals surface area contributed by atoms with Gasteiger partial charge in [-0.15, -0.1) is 0 Å². The summed E-state index contributed by atoms with van der Waals surface area (Å²) in [6.07, 6.45) is -1.04. The summed E-state index contributed by atoms with van der Waals surface area (Å²) in [4.78, 5) is 18.0. The van der Waals surface area contributed by atoms with E-state index in [9.17, 15) is 18.3 Å². The summed E-state index contributed by atoms with van der Waals surface area (Å²) in [5.74, 6) is 0.389. The van der Waals surface area contributed by atoms with Gasteiger partial charge in [-0.05, 0) is 48.4 Å². The summed E-state index contributed by atoms with van der Waals surface area (Å²) < 4.78 is 47.4. The lowest BCUT2D eigenvalue weighted by molar-refractivity contribution is -0.179. The van der Waals surface area contributed by atoms with Crippen LogP contribution in [0.4, 0.5) is 9.93 Å². The predicted octanol–water partition coefficient (Wildman–Crippen LogP) is 4.86. The van der Waals surface area contributed by atoms with Gasteiger partial charge in [-0.25, -0.2) is 18.2 Å². The van der Waals surface area contributed by atoms with Gasteiger partial charge in [-0.2, -0.15) is 4.31 Å². The highest BCUT2D eigenvalue weighted by molar-refractivity contribution is 7.89. The van der Waals surface area contributed by atoms with E-state index in [1.807, 2.05) is 44.2 Å². The number of carbonyl (C=O) groups is 1. The maximum atomic E-state index is 14.1. The van der Waals surface area contributed by atoms with Crippen LogP contribution in [0.3, 0.4) is 0 Å². The van der Waals surface area contributed by atoms with Crippen molar-refractivity contribution in [3.63, 3.8) is 0 Å². The summed E-state index contributed by atoms with van der Waals surface area (Å²) in [5, 5.41) is 18.5. The third-order valence-corrected chi connectivity index (χ3v) is 11.0. The molecule has 0 radical (unpaired) electrons. The fourth-order valence-corrected chi connectivity index (χ4v) is 8.48. The number of benzene rings is 2. The van der Waals surface area contributed by atoms with Crippen LogP contribution in [0.2, 0.25) is 0 Å². The first-order valence-corrected chi connectivity index (χ1v) is 18.3. The Hall–Kier alpha value is -2.81. The zero-order chi connectivity index (χ0) is 32.8. The van der Waals surface area contributed by atoms with Crippen molar-refractivity contribution in [2.75, 3.05) is 38.2 Å². The molecule has 0 bridgehead atoms. The number of amides is 1. The molecule has 2 aliphatic rings. The molecule has 5 rings (SSSR count). The molecular weight excluding hydrogens is 629 g/mol. The van der Waals surface area contributed by atoms with E-state index in [1.54, 1.807) is 18.2 Å². The van der Waals surface area contributed by atoms with Crippen molar-refractivity contribution in [1.29, 1.82) is 0 Å². The van der Waals surface area contributed by atoms with Crippen molar-refractivity contribution in [3.05, 3.63) is 54.1 Å². The summed E-state index contributed by atoms with van der Waals surface area (Å²) in [7, 11) is -4.01. The first-order valence-electron chi connectivity index (χ1n) is 16.1. The molecule has 252 valence electrons. The van der Waals surface area contributed by atoms with Crippen LogP contribution in [0.25, 0.3) is 10.2 Å². The highest BCUT2D eigenvalue weighted by atomic mass is 32.2. The number of carbonyl (C=O) groups excluding carboxylic acids is 1. The van der Waals surface area contributed by atoms with Gasteiger partial charge in [0.25, 0.3) is 0 Å². The van der Waals surface area contributed by atoms with Crippen molar-refractivity contribution < 1.29 is 32.5 Å². The number of fused-ring (bicyclic) bond motifs is 2. The van der Waals surface area contributed by atoms with E-state index in [0.29, 0.717) is 25.6 Å². The summed E-state index contributed by atoms with van der Waals surface area (Å²) in [6, 6.07) is 13.6. The first kappa shape index (κ1) is 34.5. The van der Waals surface area contributed by atoms with Crippen LogP contribution in [-0.4, -0.2) is 86.3 Å². The Balaban J connectivity index is 1.34. The van der Waals surface area contributed by atoms with Crippen LogP contribution in [-0.2, 0) is 30.7 Å². The maximum absolute atomic E-state index is 14.1. The van der Waals surface area contributed by atoms with E-state index in [-0.39, 0.29) is 48.6 Å². The quantitative estimate of drug-likeness (QED) is 0.219. The number of rotatable bonds is 14. The standard InChI is InChI=1S/C33H46N4O7S2/c1-21(2)18-34-32-35-26-11-10-24(17-30(26)45-32)46(40,41)37(19-22(3)4)20-28(38)27(16-23-8-6-5-7-9-23)36-33(39)44-29-13-15-43-31-25(29)12-14-42-31/h5-11,17,21-22,25,27-29,31,38H,12-16,18-20H2,1-4H3,(H,34,35)(H,36,39)/t25-,27-,28+,29-,31+/m0/s1. The number of nitrogens with one attached hydrogen (secondary N) is 2. The van der Waals surface area contributed by atoms with Crippen molar-refractivity contribution in [1.82, 2.24) is 14.6 Å². The molecule has 3 aromatic rings. The lowest BCUT2D eigenvalue weighted by Gasteiger charge is -2.33. The van der Waals surface area contributed by atoms with E-state index < -0.39 is 28.3 Å². The molecule has 1 amide bonds. The minimum absolute atomic E-state index is 0.0125. The fraction of sp³-hybridized carbons (Fsp3) is 0.576. The number of sulfonamides is 1. The summed E-state index contributed by atoms with van der Waals surface area (Å²) in [5.41, 5.74) is 1.61. The molecule has 2 saturated heterocycles. The average Bonchev–Trinajstić information content (AvgIpc) is 3.67. The molecule has 2 aliphatic heterocycles. The number of anilines is 1. The molecule has 0 spiro atoms. The monoisotopic (exact) mass is 674 g/mol. The molecule has 0 aliphatic carbocycles. The first-order chi connectivity index (χ1) is 22.0. The second kappa shape index (κ2) is 15.4. The van der Waals surface area contributed by atoms with Gasteiger partial charge in [0.15, 0.2) is 11.4 Å². The van der Waals surface area contributed by atoms with Crippen molar-refractivity contribution >= 4 is 42.8 Å². The van der Waals surface area contributed by atoms with E-state index in [1.165, 1.54) is 15.6 Å². The third-order valence-electron chi connectivity index (χ3n) is 8.19. The predicted molar refractivity (Wildman–Crippen MR) is 178 cm³/mol. The van der Waals surface area contributed by atoms with Crippen LogP contribution < -0.4 is 10.6 Å². The molecule has 5 atom stereocenters. The van der Waals surface area contributed by atoms with Gasteiger partial charge in [0.05, 0.1) is 40.5 Å². The maximum Gasteiger partial charge on any atom is 0.407 e. The van der Waals surface area contributed by atoms with Gasteiger partial charge in [-0.1, -0.05) is 69.4 Å². The number of alkyl carbamates (subject to hydrolysis) is 1. The second-order valence-corrected chi connectivity index (χ2v) is 15.9. The minimum Gasteiger partial charge on any atom is -0.446 e. The minimum atomic E-state index is -4.01. The zero-order valence-corrected chi connectivity index (χ0v) is 28.6. The molecule has 11 nitrogen and oxygen atoms in total. The Morgan fingerprint density at radius 1 is 1.07 bits per heavy atom. The zero-order valence-electron chi connectivity index (χ0n) is 26.9. The highest BCUT2D eigenvalue weighted by Gasteiger charge is 2.41. The average molecular weight is 675 g/mol. The smallest absolute Gasteiger partial charge is 0.407 e. The van der Waals surface area contributed by atoms with Gasteiger partial charge in [0.2, 0.25) is 10.0 Å². The molecule has 1 aromatic heterocycles. The molecule has 2 fully saturated rings. The van der Waals surface area contributed by atoms with E-state index in [0.717, 1.165) is 33.9 Å². The molecule has 3 heterocycles. The largest absolute Gasteiger partial charge is 0.446 e.